The molecule has 7 heteroatoms. The number of hydrogen-bond donors (Lipinski definition) is 1. The molecule has 1 fully saturated rings. The Labute approximate surface area is 127 Å². The number of H-pyrrole nitrogens is 1. The molecule has 0 unspecified atom stereocenters. The largest absolute Gasteiger partial charge is 0.379 e. The quantitative estimate of drug-likeness (QED) is 0.782. The second-order valence-electron chi connectivity index (χ2n) is 5.46. The van der Waals surface area contributed by atoms with E-state index in [-0.39, 0.29) is 0 Å². The fraction of sp³-hybridized carbons (Fsp3) is 0.400. The van der Waals surface area contributed by atoms with Gasteiger partial charge < -0.3 is 9.72 Å². The average molecular weight is 298 g/mol. The fourth-order valence-electron chi connectivity index (χ4n) is 2.70. The van der Waals surface area contributed by atoms with Gasteiger partial charge in [-0.1, -0.05) is 11.3 Å². The summed E-state index contributed by atoms with van der Waals surface area (Å²) >= 11 is 0. The predicted molar refractivity (Wildman–Crippen MR) is 82.4 cm³/mol. The van der Waals surface area contributed by atoms with E-state index < -0.39 is 0 Å². The van der Waals surface area contributed by atoms with E-state index in [4.69, 9.17) is 4.74 Å². The standard InChI is InChI=1S/C15H18N6O/c1-2-13-14(17-11-16-13)9-12(1)15-10-21(19-18-15)4-3-20-5-7-22-8-6-20/h1-2,9-11H,3-8H2,(H,16,17). The maximum Gasteiger partial charge on any atom is 0.113 e. The molecule has 22 heavy (non-hydrogen) atoms. The van der Waals surface area contributed by atoms with Gasteiger partial charge in [-0.2, -0.15) is 0 Å². The average Bonchev–Trinajstić information content (AvgIpc) is 3.22. The van der Waals surface area contributed by atoms with Crippen LogP contribution in [-0.2, 0) is 11.3 Å². The summed E-state index contributed by atoms with van der Waals surface area (Å²) in [6.07, 6.45) is 3.70. The third kappa shape index (κ3) is 2.72. The molecule has 1 N–H and O–H groups in total. The van der Waals surface area contributed by atoms with Gasteiger partial charge in [0.05, 0.1) is 43.3 Å². The molecule has 0 amide bonds. The Hall–Kier alpha value is -2.25. The summed E-state index contributed by atoms with van der Waals surface area (Å²) in [5.74, 6) is 0. The molecule has 0 radical (unpaired) electrons. The number of hydrogen-bond acceptors (Lipinski definition) is 5. The highest BCUT2D eigenvalue weighted by atomic mass is 16.5. The summed E-state index contributed by atoms with van der Waals surface area (Å²) in [5.41, 5.74) is 3.91. The van der Waals surface area contributed by atoms with Crippen LogP contribution in [0.1, 0.15) is 0 Å². The Morgan fingerprint density at radius 2 is 2.09 bits per heavy atom. The Morgan fingerprint density at radius 1 is 1.18 bits per heavy atom. The lowest BCUT2D eigenvalue weighted by atomic mass is 10.1. The minimum absolute atomic E-state index is 0.826. The molecule has 1 aliphatic heterocycles. The second kappa shape index (κ2) is 5.86. The Morgan fingerprint density at radius 3 is 3.00 bits per heavy atom. The highest BCUT2D eigenvalue weighted by Crippen LogP contribution is 2.20. The van der Waals surface area contributed by atoms with Crippen molar-refractivity contribution in [2.45, 2.75) is 6.54 Å². The van der Waals surface area contributed by atoms with Crippen molar-refractivity contribution in [1.82, 2.24) is 29.9 Å². The topological polar surface area (TPSA) is 71.9 Å². The van der Waals surface area contributed by atoms with E-state index in [1.165, 1.54) is 0 Å². The molecule has 4 rings (SSSR count). The minimum atomic E-state index is 0.826. The van der Waals surface area contributed by atoms with Gasteiger partial charge in [-0.05, 0) is 12.1 Å². The zero-order chi connectivity index (χ0) is 14.8. The van der Waals surface area contributed by atoms with Gasteiger partial charge in [0.15, 0.2) is 0 Å². The van der Waals surface area contributed by atoms with E-state index in [9.17, 15) is 0 Å². The van der Waals surface area contributed by atoms with E-state index in [1.807, 2.05) is 23.0 Å². The van der Waals surface area contributed by atoms with Crippen molar-refractivity contribution in [3.8, 4) is 11.3 Å². The number of rotatable bonds is 4. The van der Waals surface area contributed by atoms with Crippen molar-refractivity contribution in [2.75, 3.05) is 32.8 Å². The summed E-state index contributed by atoms with van der Waals surface area (Å²) < 4.78 is 7.26. The molecule has 7 nitrogen and oxygen atoms in total. The molecule has 1 aromatic carbocycles. The van der Waals surface area contributed by atoms with Gasteiger partial charge in [-0.3, -0.25) is 9.58 Å². The Balaban J connectivity index is 1.46. The highest BCUT2D eigenvalue weighted by molar-refractivity contribution is 5.80. The zero-order valence-electron chi connectivity index (χ0n) is 12.3. The van der Waals surface area contributed by atoms with Crippen LogP contribution in [0.2, 0.25) is 0 Å². The predicted octanol–water partition coefficient (Wildman–Crippen LogP) is 1.15. The normalized spacial score (nSPS) is 16.4. The van der Waals surface area contributed by atoms with Gasteiger partial charge in [0.1, 0.15) is 5.69 Å². The van der Waals surface area contributed by atoms with Crippen LogP contribution in [0.15, 0.2) is 30.7 Å². The monoisotopic (exact) mass is 298 g/mol. The SMILES string of the molecule is c1nc2ccc(-c3cn(CCN4CCOCC4)nn3)cc2[nH]1. The zero-order valence-corrected chi connectivity index (χ0v) is 12.3. The molecule has 0 saturated carbocycles. The van der Waals surface area contributed by atoms with Gasteiger partial charge in [0, 0.05) is 25.2 Å². The number of aromatic amines is 1. The van der Waals surface area contributed by atoms with Crippen molar-refractivity contribution in [1.29, 1.82) is 0 Å². The van der Waals surface area contributed by atoms with E-state index >= 15 is 0 Å². The van der Waals surface area contributed by atoms with Crippen LogP contribution in [0.25, 0.3) is 22.3 Å². The van der Waals surface area contributed by atoms with Crippen LogP contribution in [-0.4, -0.2) is 62.7 Å². The molecular formula is C15H18N6O. The first-order valence-corrected chi connectivity index (χ1v) is 7.52. The van der Waals surface area contributed by atoms with Crippen LogP contribution in [0.4, 0.5) is 0 Å². The minimum Gasteiger partial charge on any atom is -0.379 e. The highest BCUT2D eigenvalue weighted by Gasteiger charge is 2.11. The van der Waals surface area contributed by atoms with Crippen molar-refractivity contribution in [3.63, 3.8) is 0 Å². The van der Waals surface area contributed by atoms with Gasteiger partial charge in [-0.25, -0.2) is 4.98 Å². The smallest absolute Gasteiger partial charge is 0.113 e. The molecule has 2 aromatic heterocycles. The Kier molecular flexibility index (Phi) is 3.57. The first-order valence-electron chi connectivity index (χ1n) is 7.52. The van der Waals surface area contributed by atoms with E-state index in [0.29, 0.717) is 0 Å². The molecule has 0 spiro atoms. The van der Waals surface area contributed by atoms with Crippen molar-refractivity contribution >= 4 is 11.0 Å². The lowest BCUT2D eigenvalue weighted by molar-refractivity contribution is 0.0359. The van der Waals surface area contributed by atoms with E-state index in [1.54, 1.807) is 6.33 Å². The molecule has 3 aromatic rings. The maximum absolute atomic E-state index is 5.36. The lowest BCUT2D eigenvalue weighted by Gasteiger charge is -2.26. The summed E-state index contributed by atoms with van der Waals surface area (Å²) in [7, 11) is 0. The summed E-state index contributed by atoms with van der Waals surface area (Å²) in [6, 6.07) is 6.08. The third-order valence-corrected chi connectivity index (χ3v) is 4.00. The molecule has 1 aliphatic rings. The summed E-state index contributed by atoms with van der Waals surface area (Å²) in [4.78, 5) is 9.74. The van der Waals surface area contributed by atoms with Crippen LogP contribution in [0.3, 0.4) is 0 Å². The molecular weight excluding hydrogens is 280 g/mol. The van der Waals surface area contributed by atoms with Crippen molar-refractivity contribution < 1.29 is 4.74 Å². The van der Waals surface area contributed by atoms with Crippen LogP contribution >= 0.6 is 0 Å². The number of imidazole rings is 1. The number of fused-ring (bicyclic) bond motifs is 1. The molecule has 3 heterocycles. The summed E-state index contributed by atoms with van der Waals surface area (Å²) in [5, 5.41) is 8.50. The summed E-state index contributed by atoms with van der Waals surface area (Å²) in [6.45, 7) is 5.47. The maximum atomic E-state index is 5.36. The van der Waals surface area contributed by atoms with E-state index in [0.717, 1.165) is 61.7 Å². The number of nitrogens with zero attached hydrogens (tertiary/aromatic N) is 5. The van der Waals surface area contributed by atoms with Crippen LogP contribution in [0, 0.1) is 0 Å². The first-order chi connectivity index (χ1) is 10.9. The number of benzene rings is 1. The van der Waals surface area contributed by atoms with E-state index in [2.05, 4.69) is 31.2 Å². The second-order valence-corrected chi connectivity index (χ2v) is 5.46. The number of morpholine rings is 1. The van der Waals surface area contributed by atoms with Crippen molar-refractivity contribution in [3.05, 3.63) is 30.7 Å². The lowest BCUT2D eigenvalue weighted by Crippen LogP contribution is -2.38. The number of nitrogens with one attached hydrogen (secondary N) is 1. The molecule has 114 valence electrons. The van der Waals surface area contributed by atoms with Gasteiger partial charge in [-0.15, -0.1) is 5.10 Å². The fourth-order valence-corrected chi connectivity index (χ4v) is 2.70. The molecule has 1 saturated heterocycles. The van der Waals surface area contributed by atoms with Crippen LogP contribution < -0.4 is 0 Å². The number of ether oxygens (including phenoxy) is 1. The molecule has 0 aliphatic carbocycles. The van der Waals surface area contributed by atoms with Gasteiger partial charge in [0.2, 0.25) is 0 Å². The Bertz CT molecular complexity index is 758. The number of aromatic nitrogens is 5. The molecule has 0 atom stereocenters. The third-order valence-electron chi connectivity index (χ3n) is 4.00. The molecule has 0 bridgehead atoms. The van der Waals surface area contributed by atoms with Crippen molar-refractivity contribution in [2.24, 2.45) is 0 Å². The first kappa shape index (κ1) is 13.4. The van der Waals surface area contributed by atoms with Gasteiger partial charge in [0.25, 0.3) is 0 Å². The van der Waals surface area contributed by atoms with Crippen LogP contribution in [0.5, 0.6) is 0 Å². The van der Waals surface area contributed by atoms with Gasteiger partial charge >= 0.3 is 0 Å².